The van der Waals surface area contributed by atoms with Crippen LogP contribution < -0.4 is 5.32 Å². The van der Waals surface area contributed by atoms with Crippen LogP contribution in [-0.2, 0) is 14.3 Å². The van der Waals surface area contributed by atoms with Crippen LogP contribution in [0, 0.1) is 11.8 Å². The van der Waals surface area contributed by atoms with E-state index in [0.717, 1.165) is 51.5 Å². The lowest BCUT2D eigenvalue weighted by Crippen LogP contribution is -2.74. The number of hydrogen-bond acceptors (Lipinski definition) is 5. The topological polar surface area (TPSA) is 65.1 Å². The van der Waals surface area contributed by atoms with Crippen molar-refractivity contribution < 1.29 is 14.3 Å². The van der Waals surface area contributed by atoms with Gasteiger partial charge in [-0.3, -0.25) is 14.5 Å². The van der Waals surface area contributed by atoms with Crippen molar-refractivity contribution in [2.24, 2.45) is 11.8 Å². The van der Waals surface area contributed by atoms with Gasteiger partial charge in [0.2, 0.25) is 11.8 Å². The van der Waals surface area contributed by atoms with E-state index >= 15 is 0 Å². The summed E-state index contributed by atoms with van der Waals surface area (Å²) in [6, 6.07) is -0.190. The van der Waals surface area contributed by atoms with Crippen LogP contribution in [0.5, 0.6) is 0 Å². The van der Waals surface area contributed by atoms with Crippen LogP contribution in [0.1, 0.15) is 32.6 Å². The lowest BCUT2D eigenvalue weighted by atomic mass is 9.87. The zero-order valence-electron chi connectivity index (χ0n) is 16.8. The van der Waals surface area contributed by atoms with E-state index in [9.17, 15) is 9.59 Å². The summed E-state index contributed by atoms with van der Waals surface area (Å²) >= 11 is 0. The molecule has 0 aromatic rings. The largest absolute Gasteiger partial charge is 0.368 e. The third-order valence-corrected chi connectivity index (χ3v) is 6.87. The van der Waals surface area contributed by atoms with Gasteiger partial charge in [0.15, 0.2) is 0 Å². The molecular weight excluding hydrogens is 344 g/mol. The Bertz CT molecular complexity index is 566. The monoisotopic (exact) mass is 378 g/mol. The Hall–Kier alpha value is -1.18. The van der Waals surface area contributed by atoms with Crippen molar-refractivity contribution >= 4 is 11.8 Å². The maximum absolute atomic E-state index is 12.9. The number of ether oxygens (including phenoxy) is 1. The van der Waals surface area contributed by atoms with Gasteiger partial charge in [0.25, 0.3) is 0 Å². The molecule has 0 bridgehead atoms. The zero-order chi connectivity index (χ0) is 19.0. The van der Waals surface area contributed by atoms with Gasteiger partial charge in [-0.15, -0.1) is 0 Å². The minimum atomic E-state index is -0.265. The molecule has 1 atom stereocenters. The quantitative estimate of drug-likeness (QED) is 0.738. The molecule has 4 rings (SSSR count). The third kappa shape index (κ3) is 4.00. The van der Waals surface area contributed by atoms with Crippen LogP contribution in [0.15, 0.2) is 0 Å². The van der Waals surface area contributed by atoms with Crippen LogP contribution in [0.2, 0.25) is 0 Å². The highest BCUT2D eigenvalue weighted by Gasteiger charge is 2.53. The first-order valence-corrected chi connectivity index (χ1v) is 10.6. The van der Waals surface area contributed by atoms with Crippen molar-refractivity contribution in [3.63, 3.8) is 0 Å². The highest BCUT2D eigenvalue weighted by molar-refractivity contribution is 5.82. The standard InChI is InChI=1S/C20H34N4O3/c1-3-22-8-6-16(7-9-22)19(26)24-13-20(14-24)12-23(10-15-4-5-15)17(11-27-20)18(25)21-2/h15-17H,3-14H2,1-2H3,(H,21,25). The number of piperidine rings is 1. The Balaban J connectivity index is 1.32. The molecule has 3 heterocycles. The summed E-state index contributed by atoms with van der Waals surface area (Å²) in [6.07, 6.45) is 4.49. The number of carbonyl (C=O) groups is 2. The Morgan fingerprint density at radius 1 is 1.11 bits per heavy atom. The van der Waals surface area contributed by atoms with E-state index in [1.807, 2.05) is 4.90 Å². The van der Waals surface area contributed by atoms with Crippen molar-refractivity contribution in [3.05, 3.63) is 0 Å². The highest BCUT2D eigenvalue weighted by atomic mass is 16.5. The smallest absolute Gasteiger partial charge is 0.239 e. The molecule has 0 radical (unpaired) electrons. The Labute approximate surface area is 162 Å². The summed E-state index contributed by atoms with van der Waals surface area (Å²) in [5.74, 6) is 1.26. The van der Waals surface area contributed by atoms with E-state index in [0.29, 0.717) is 25.6 Å². The van der Waals surface area contributed by atoms with Crippen molar-refractivity contribution in [2.45, 2.75) is 44.2 Å². The third-order valence-electron chi connectivity index (χ3n) is 6.87. The van der Waals surface area contributed by atoms with E-state index in [1.165, 1.54) is 12.8 Å². The molecule has 7 heteroatoms. The first-order valence-electron chi connectivity index (χ1n) is 10.6. The summed E-state index contributed by atoms with van der Waals surface area (Å²) in [5.41, 5.74) is -0.265. The molecule has 27 heavy (non-hydrogen) atoms. The van der Waals surface area contributed by atoms with E-state index < -0.39 is 0 Å². The van der Waals surface area contributed by atoms with Crippen molar-refractivity contribution in [1.82, 2.24) is 20.0 Å². The maximum Gasteiger partial charge on any atom is 0.239 e. The molecule has 7 nitrogen and oxygen atoms in total. The van der Waals surface area contributed by atoms with Gasteiger partial charge in [0, 0.05) is 26.1 Å². The molecule has 0 aromatic carbocycles. The summed E-state index contributed by atoms with van der Waals surface area (Å²) in [7, 11) is 1.69. The van der Waals surface area contributed by atoms with Gasteiger partial charge >= 0.3 is 0 Å². The number of hydrogen-bond donors (Lipinski definition) is 1. The molecule has 152 valence electrons. The van der Waals surface area contributed by atoms with E-state index in [4.69, 9.17) is 4.74 Å². The van der Waals surface area contributed by atoms with E-state index in [-0.39, 0.29) is 23.5 Å². The highest BCUT2D eigenvalue weighted by Crippen LogP contribution is 2.36. The summed E-state index contributed by atoms with van der Waals surface area (Å²) in [5, 5.41) is 2.77. The molecule has 1 spiro atoms. The zero-order valence-corrected chi connectivity index (χ0v) is 16.8. The number of rotatable bonds is 5. The van der Waals surface area contributed by atoms with Gasteiger partial charge in [0.1, 0.15) is 11.6 Å². The van der Waals surface area contributed by atoms with Gasteiger partial charge in [-0.25, -0.2) is 0 Å². The number of likely N-dealkylation sites (tertiary alicyclic amines) is 2. The Morgan fingerprint density at radius 3 is 2.41 bits per heavy atom. The van der Waals surface area contributed by atoms with Crippen molar-refractivity contribution in [1.29, 1.82) is 0 Å². The van der Waals surface area contributed by atoms with Gasteiger partial charge < -0.3 is 19.9 Å². The molecule has 1 unspecified atom stereocenters. The molecule has 1 N–H and O–H groups in total. The van der Waals surface area contributed by atoms with Gasteiger partial charge in [-0.1, -0.05) is 6.92 Å². The number of carbonyl (C=O) groups excluding carboxylic acids is 2. The number of morpholine rings is 1. The lowest BCUT2D eigenvalue weighted by molar-refractivity contribution is -0.206. The molecule has 4 fully saturated rings. The number of amides is 2. The van der Waals surface area contributed by atoms with Crippen LogP contribution in [0.4, 0.5) is 0 Å². The predicted octanol–water partition coefficient (Wildman–Crippen LogP) is 0.156. The minimum absolute atomic E-state index is 0.0421. The van der Waals surface area contributed by atoms with Crippen LogP contribution in [0.3, 0.4) is 0 Å². The van der Waals surface area contributed by atoms with Crippen molar-refractivity contribution in [2.75, 3.05) is 59.5 Å². The predicted molar refractivity (Wildman–Crippen MR) is 102 cm³/mol. The molecule has 1 saturated carbocycles. The SMILES string of the molecule is CCN1CCC(C(=O)N2CC3(C2)CN(CC2CC2)C(C(=O)NC)CO3)CC1. The second-order valence-electron chi connectivity index (χ2n) is 8.90. The number of nitrogens with one attached hydrogen (secondary N) is 1. The maximum atomic E-state index is 12.9. The molecule has 3 aliphatic heterocycles. The van der Waals surface area contributed by atoms with E-state index in [1.54, 1.807) is 7.05 Å². The fraction of sp³-hybridized carbons (Fsp3) is 0.900. The minimum Gasteiger partial charge on any atom is -0.368 e. The van der Waals surface area contributed by atoms with Crippen LogP contribution in [0.25, 0.3) is 0 Å². The summed E-state index contributed by atoms with van der Waals surface area (Å²) in [4.78, 5) is 31.8. The first-order chi connectivity index (χ1) is 13.0. The Kier molecular flexibility index (Phi) is 5.45. The molecule has 2 amide bonds. The second kappa shape index (κ2) is 7.68. The van der Waals surface area contributed by atoms with E-state index in [2.05, 4.69) is 22.0 Å². The molecule has 0 aromatic heterocycles. The lowest BCUT2D eigenvalue weighted by Gasteiger charge is -2.56. The number of likely N-dealkylation sites (N-methyl/N-ethyl adjacent to an activating group) is 1. The molecule has 1 aliphatic carbocycles. The average Bonchev–Trinajstić information content (AvgIpc) is 3.49. The van der Waals surface area contributed by atoms with Gasteiger partial charge in [-0.2, -0.15) is 0 Å². The van der Waals surface area contributed by atoms with Crippen molar-refractivity contribution in [3.8, 4) is 0 Å². The fourth-order valence-electron chi connectivity index (χ4n) is 4.87. The molecule has 3 saturated heterocycles. The summed E-state index contributed by atoms with van der Waals surface area (Å²) in [6.45, 7) is 8.86. The molecular formula is C20H34N4O3. The van der Waals surface area contributed by atoms with Crippen LogP contribution >= 0.6 is 0 Å². The Morgan fingerprint density at radius 2 is 1.81 bits per heavy atom. The normalized spacial score (nSPS) is 29.6. The summed E-state index contributed by atoms with van der Waals surface area (Å²) < 4.78 is 6.17. The molecule has 4 aliphatic rings. The fourth-order valence-corrected chi connectivity index (χ4v) is 4.87. The van der Waals surface area contributed by atoms with Gasteiger partial charge in [0.05, 0.1) is 19.7 Å². The number of nitrogens with zero attached hydrogens (tertiary/aromatic N) is 3. The second-order valence-corrected chi connectivity index (χ2v) is 8.90. The average molecular weight is 379 g/mol. The van der Waals surface area contributed by atoms with Crippen LogP contribution in [-0.4, -0.2) is 97.6 Å². The van der Waals surface area contributed by atoms with Gasteiger partial charge in [-0.05, 0) is 51.2 Å². The first kappa shape index (κ1) is 19.2.